The van der Waals surface area contributed by atoms with Crippen LogP contribution in [0.2, 0.25) is 0 Å². The van der Waals surface area contributed by atoms with Crippen molar-refractivity contribution in [2.24, 2.45) is 0 Å². The van der Waals surface area contributed by atoms with E-state index in [0.717, 1.165) is 51.2 Å². The fraction of sp³-hybridized carbons (Fsp3) is 0.182. The maximum absolute atomic E-state index is 5.60. The zero-order chi connectivity index (χ0) is 18.5. The Hall–Kier alpha value is -3.54. The van der Waals surface area contributed by atoms with Crippen LogP contribution in [-0.2, 0) is 0 Å². The lowest BCUT2D eigenvalue weighted by Gasteiger charge is -2.20. The first-order chi connectivity index (χ1) is 13.8. The predicted octanol–water partition coefficient (Wildman–Crippen LogP) is 4.05. The van der Waals surface area contributed by atoms with E-state index in [0.29, 0.717) is 0 Å². The SMILES string of the molecule is c1cc2c(cc1C(c1ccc3c(c1)OCO3)c1ccc3c(c1)OCO3)OCO2. The maximum Gasteiger partial charge on any atom is 0.231 e. The monoisotopic (exact) mass is 376 g/mol. The van der Waals surface area contributed by atoms with E-state index < -0.39 is 0 Å². The van der Waals surface area contributed by atoms with Gasteiger partial charge in [0.1, 0.15) is 0 Å². The highest BCUT2D eigenvalue weighted by Gasteiger charge is 2.25. The summed E-state index contributed by atoms with van der Waals surface area (Å²) in [6.45, 7) is 0.743. The molecule has 6 nitrogen and oxygen atoms in total. The van der Waals surface area contributed by atoms with Crippen molar-refractivity contribution in [1.29, 1.82) is 0 Å². The van der Waals surface area contributed by atoms with Crippen LogP contribution in [0.4, 0.5) is 0 Å². The van der Waals surface area contributed by atoms with Gasteiger partial charge in [0.25, 0.3) is 0 Å². The first-order valence-electron chi connectivity index (χ1n) is 9.04. The van der Waals surface area contributed by atoms with Gasteiger partial charge in [0.15, 0.2) is 34.5 Å². The van der Waals surface area contributed by atoms with E-state index in [1.54, 1.807) is 0 Å². The Labute approximate surface area is 161 Å². The van der Waals surface area contributed by atoms with E-state index in [1.807, 2.05) is 36.4 Å². The molecule has 3 heterocycles. The van der Waals surface area contributed by atoms with Gasteiger partial charge in [0, 0.05) is 5.92 Å². The first-order valence-corrected chi connectivity index (χ1v) is 9.04. The van der Waals surface area contributed by atoms with Crippen molar-refractivity contribution >= 4 is 0 Å². The van der Waals surface area contributed by atoms with Crippen molar-refractivity contribution in [3.05, 3.63) is 71.3 Å². The normalized spacial score (nSPS) is 15.3. The second kappa shape index (κ2) is 5.99. The third kappa shape index (κ3) is 2.41. The summed E-state index contributed by atoms with van der Waals surface area (Å²) in [7, 11) is 0. The van der Waals surface area contributed by atoms with E-state index in [1.165, 1.54) is 0 Å². The molecule has 0 amide bonds. The highest BCUT2D eigenvalue weighted by molar-refractivity contribution is 5.56. The molecule has 0 fully saturated rings. The van der Waals surface area contributed by atoms with E-state index in [4.69, 9.17) is 28.4 Å². The molecule has 140 valence electrons. The van der Waals surface area contributed by atoms with Crippen LogP contribution in [-0.4, -0.2) is 20.4 Å². The minimum absolute atomic E-state index is 0.0431. The lowest BCUT2D eigenvalue weighted by Crippen LogP contribution is -2.04. The first kappa shape index (κ1) is 15.5. The van der Waals surface area contributed by atoms with Crippen LogP contribution in [0.1, 0.15) is 22.6 Å². The number of hydrogen-bond donors (Lipinski definition) is 0. The van der Waals surface area contributed by atoms with E-state index >= 15 is 0 Å². The minimum atomic E-state index is -0.0431. The largest absolute Gasteiger partial charge is 0.454 e. The average molecular weight is 376 g/mol. The van der Waals surface area contributed by atoms with Gasteiger partial charge in [-0.1, -0.05) is 18.2 Å². The standard InChI is InChI=1S/C22H16O6/c1-4-16-19(26-10-23-16)7-13(1)22(14-2-5-17-20(8-14)27-11-24-17)15-3-6-18-21(9-15)28-12-25-18/h1-9,22H,10-12H2. The summed E-state index contributed by atoms with van der Waals surface area (Å²) in [5.74, 6) is 4.51. The molecule has 0 saturated carbocycles. The van der Waals surface area contributed by atoms with Crippen LogP contribution in [0, 0.1) is 0 Å². The summed E-state index contributed by atoms with van der Waals surface area (Å²) in [6.07, 6.45) is 0. The second-order valence-electron chi connectivity index (χ2n) is 6.77. The number of ether oxygens (including phenoxy) is 6. The Balaban J connectivity index is 1.50. The fourth-order valence-electron chi connectivity index (χ4n) is 3.86. The van der Waals surface area contributed by atoms with Crippen molar-refractivity contribution in [2.75, 3.05) is 20.4 Å². The van der Waals surface area contributed by atoms with Crippen molar-refractivity contribution < 1.29 is 28.4 Å². The molecule has 0 bridgehead atoms. The Morgan fingerprint density at radius 2 is 0.750 bits per heavy atom. The molecule has 0 spiro atoms. The molecular weight excluding hydrogens is 360 g/mol. The van der Waals surface area contributed by atoms with Crippen molar-refractivity contribution in [2.45, 2.75) is 5.92 Å². The zero-order valence-electron chi connectivity index (χ0n) is 14.8. The molecule has 0 N–H and O–H groups in total. The van der Waals surface area contributed by atoms with Crippen LogP contribution in [0.25, 0.3) is 0 Å². The number of benzene rings is 3. The molecular formula is C22H16O6. The molecule has 0 saturated heterocycles. The molecule has 0 atom stereocenters. The quantitative estimate of drug-likeness (QED) is 0.643. The van der Waals surface area contributed by atoms with Crippen LogP contribution in [0.3, 0.4) is 0 Å². The fourth-order valence-corrected chi connectivity index (χ4v) is 3.86. The van der Waals surface area contributed by atoms with Gasteiger partial charge in [-0.15, -0.1) is 0 Å². The second-order valence-corrected chi connectivity index (χ2v) is 6.77. The van der Waals surface area contributed by atoms with Crippen LogP contribution in [0.15, 0.2) is 54.6 Å². The van der Waals surface area contributed by atoms with Crippen molar-refractivity contribution in [3.8, 4) is 34.5 Å². The Morgan fingerprint density at radius 1 is 0.429 bits per heavy atom. The summed E-state index contributed by atoms with van der Waals surface area (Å²) >= 11 is 0. The van der Waals surface area contributed by atoms with Crippen LogP contribution in [0.5, 0.6) is 34.5 Å². The minimum Gasteiger partial charge on any atom is -0.454 e. The van der Waals surface area contributed by atoms with E-state index in [-0.39, 0.29) is 26.3 Å². The molecule has 3 aromatic carbocycles. The number of fused-ring (bicyclic) bond motifs is 3. The summed E-state index contributed by atoms with van der Waals surface area (Å²) < 4.78 is 33.2. The smallest absolute Gasteiger partial charge is 0.231 e. The molecule has 6 rings (SSSR count). The van der Waals surface area contributed by atoms with E-state index in [2.05, 4.69) is 18.2 Å². The van der Waals surface area contributed by atoms with E-state index in [9.17, 15) is 0 Å². The molecule has 3 aromatic rings. The third-order valence-electron chi connectivity index (χ3n) is 5.19. The van der Waals surface area contributed by atoms with Gasteiger partial charge in [-0.05, 0) is 53.1 Å². The molecule has 3 aliphatic heterocycles. The van der Waals surface area contributed by atoms with Gasteiger partial charge in [0.05, 0.1) is 0 Å². The molecule has 0 unspecified atom stereocenters. The number of rotatable bonds is 3. The number of hydrogen-bond acceptors (Lipinski definition) is 6. The Bertz CT molecular complexity index is 940. The molecule has 0 radical (unpaired) electrons. The maximum atomic E-state index is 5.60. The molecule has 3 aliphatic rings. The topological polar surface area (TPSA) is 55.4 Å². The zero-order valence-corrected chi connectivity index (χ0v) is 14.8. The lowest BCUT2D eigenvalue weighted by atomic mass is 9.84. The summed E-state index contributed by atoms with van der Waals surface area (Å²) in [5.41, 5.74) is 3.26. The molecule has 0 aromatic heterocycles. The van der Waals surface area contributed by atoms with Crippen LogP contribution < -0.4 is 28.4 Å². The molecule has 0 aliphatic carbocycles. The Kier molecular flexibility index (Phi) is 3.32. The van der Waals surface area contributed by atoms with Crippen molar-refractivity contribution in [1.82, 2.24) is 0 Å². The Morgan fingerprint density at radius 3 is 1.11 bits per heavy atom. The summed E-state index contributed by atoms with van der Waals surface area (Å²) in [5, 5.41) is 0. The van der Waals surface area contributed by atoms with Gasteiger partial charge in [-0.25, -0.2) is 0 Å². The molecule has 6 heteroatoms. The lowest BCUT2D eigenvalue weighted by molar-refractivity contribution is 0.173. The molecule has 28 heavy (non-hydrogen) atoms. The summed E-state index contributed by atoms with van der Waals surface area (Å²) in [4.78, 5) is 0. The third-order valence-corrected chi connectivity index (χ3v) is 5.19. The highest BCUT2D eigenvalue weighted by Crippen LogP contribution is 2.44. The van der Waals surface area contributed by atoms with Gasteiger partial charge >= 0.3 is 0 Å². The van der Waals surface area contributed by atoms with Crippen LogP contribution >= 0.6 is 0 Å². The van der Waals surface area contributed by atoms with Crippen molar-refractivity contribution in [3.63, 3.8) is 0 Å². The van der Waals surface area contributed by atoms with Gasteiger partial charge in [0.2, 0.25) is 20.4 Å². The average Bonchev–Trinajstić information content (AvgIpc) is 3.47. The summed E-state index contributed by atoms with van der Waals surface area (Å²) in [6, 6.07) is 18.1. The van der Waals surface area contributed by atoms with Gasteiger partial charge < -0.3 is 28.4 Å². The van der Waals surface area contributed by atoms with Gasteiger partial charge in [-0.2, -0.15) is 0 Å². The van der Waals surface area contributed by atoms with Gasteiger partial charge in [-0.3, -0.25) is 0 Å². The predicted molar refractivity (Wildman–Crippen MR) is 98.6 cm³/mol. The highest BCUT2D eigenvalue weighted by atomic mass is 16.7.